The van der Waals surface area contributed by atoms with Crippen molar-refractivity contribution >= 4 is 6.09 Å². The van der Waals surface area contributed by atoms with Crippen LogP contribution in [0.25, 0.3) is 11.1 Å². The van der Waals surface area contributed by atoms with Gasteiger partial charge < -0.3 is 9.64 Å². The number of hydrogen-bond donors (Lipinski definition) is 0. The van der Waals surface area contributed by atoms with Gasteiger partial charge in [-0.2, -0.15) is 0 Å². The van der Waals surface area contributed by atoms with Crippen LogP contribution in [0, 0.1) is 0 Å². The fourth-order valence-corrected chi connectivity index (χ4v) is 4.12. The van der Waals surface area contributed by atoms with Crippen molar-refractivity contribution < 1.29 is 9.53 Å². The standard InChI is InChI=1S/C27H29NO2/c1-3-28(4-2)27(29)30-26-19-23-16-14-20-10-12-21(13-11-20)15-17-24(26)18-25(23)22-8-6-5-7-9-22/h5-13,18-19H,3-4,14-17H2,1-2H3. The van der Waals surface area contributed by atoms with Gasteiger partial charge in [0.2, 0.25) is 0 Å². The van der Waals surface area contributed by atoms with Crippen molar-refractivity contribution in [2.45, 2.75) is 39.5 Å². The van der Waals surface area contributed by atoms with Crippen LogP contribution in [0.3, 0.4) is 0 Å². The van der Waals surface area contributed by atoms with Crippen LogP contribution in [0.4, 0.5) is 4.79 Å². The molecule has 7 rings (SSSR count). The lowest BCUT2D eigenvalue weighted by atomic mass is 9.90. The molecule has 0 saturated heterocycles. The Labute approximate surface area is 179 Å². The van der Waals surface area contributed by atoms with Gasteiger partial charge >= 0.3 is 6.09 Å². The number of aryl methyl sites for hydroxylation is 4. The Hall–Kier alpha value is -3.07. The van der Waals surface area contributed by atoms with Gasteiger partial charge in [0.15, 0.2) is 0 Å². The number of carbonyl (C=O) groups is 1. The summed E-state index contributed by atoms with van der Waals surface area (Å²) in [4.78, 5) is 14.4. The highest BCUT2D eigenvalue weighted by Crippen LogP contribution is 2.33. The third-order valence-corrected chi connectivity index (χ3v) is 5.98. The second-order valence-corrected chi connectivity index (χ2v) is 7.84. The van der Waals surface area contributed by atoms with Crippen molar-refractivity contribution in [1.82, 2.24) is 4.90 Å². The van der Waals surface area contributed by atoms with E-state index in [4.69, 9.17) is 4.74 Å². The molecule has 0 aliphatic heterocycles. The summed E-state index contributed by atoms with van der Waals surface area (Å²) >= 11 is 0. The topological polar surface area (TPSA) is 29.5 Å². The van der Waals surface area contributed by atoms with Gasteiger partial charge in [0.1, 0.15) is 5.75 Å². The molecular weight excluding hydrogens is 370 g/mol. The summed E-state index contributed by atoms with van der Waals surface area (Å²) < 4.78 is 5.93. The van der Waals surface area contributed by atoms with Gasteiger partial charge in [0, 0.05) is 13.1 Å². The zero-order chi connectivity index (χ0) is 20.9. The minimum atomic E-state index is -0.268. The Bertz CT molecular complexity index is 1010. The lowest BCUT2D eigenvalue weighted by Gasteiger charge is -2.21. The Morgan fingerprint density at radius 1 is 0.800 bits per heavy atom. The van der Waals surface area contributed by atoms with Crippen LogP contribution >= 0.6 is 0 Å². The number of amides is 1. The minimum absolute atomic E-state index is 0.268. The third-order valence-electron chi connectivity index (χ3n) is 5.98. The highest BCUT2D eigenvalue weighted by Gasteiger charge is 2.18. The summed E-state index contributed by atoms with van der Waals surface area (Å²) in [6.45, 7) is 5.24. The maximum atomic E-state index is 12.7. The van der Waals surface area contributed by atoms with E-state index in [1.165, 1.54) is 27.8 Å². The second kappa shape index (κ2) is 9.17. The Balaban J connectivity index is 1.78. The molecule has 0 heterocycles. The van der Waals surface area contributed by atoms with Crippen molar-refractivity contribution in [3.05, 3.63) is 89.0 Å². The smallest absolute Gasteiger partial charge is 0.410 e. The molecule has 0 saturated carbocycles. The van der Waals surface area contributed by atoms with Crippen LogP contribution in [-0.2, 0) is 25.7 Å². The zero-order valence-electron chi connectivity index (χ0n) is 17.9. The van der Waals surface area contributed by atoms with Gasteiger partial charge in [-0.3, -0.25) is 0 Å². The van der Waals surface area contributed by atoms with E-state index >= 15 is 0 Å². The van der Waals surface area contributed by atoms with Crippen LogP contribution in [0.15, 0.2) is 66.7 Å². The minimum Gasteiger partial charge on any atom is -0.410 e. The molecular formula is C27H29NO2. The van der Waals surface area contributed by atoms with Gasteiger partial charge in [-0.1, -0.05) is 54.6 Å². The SMILES string of the molecule is CCN(CC)C(=O)Oc1cc2c(-c3ccccc3)cc1CCc1ccc(cc1)CC2. The molecule has 3 heteroatoms. The molecule has 0 atom stereocenters. The van der Waals surface area contributed by atoms with Crippen LogP contribution < -0.4 is 4.74 Å². The van der Waals surface area contributed by atoms with E-state index in [1.807, 2.05) is 19.9 Å². The third kappa shape index (κ3) is 4.40. The molecule has 3 nitrogen and oxygen atoms in total. The van der Waals surface area contributed by atoms with Crippen molar-refractivity contribution in [1.29, 1.82) is 0 Å². The summed E-state index contributed by atoms with van der Waals surface area (Å²) in [5.41, 5.74) is 7.40. The molecule has 0 spiro atoms. The molecule has 0 aromatic heterocycles. The number of benzene rings is 3. The number of hydrogen-bond acceptors (Lipinski definition) is 2. The monoisotopic (exact) mass is 399 g/mol. The molecule has 30 heavy (non-hydrogen) atoms. The number of rotatable bonds is 4. The molecule has 4 aliphatic rings. The lowest BCUT2D eigenvalue weighted by molar-refractivity contribution is 0.157. The van der Waals surface area contributed by atoms with Crippen molar-refractivity contribution in [2.24, 2.45) is 0 Å². The van der Waals surface area contributed by atoms with Crippen LogP contribution in [-0.4, -0.2) is 24.1 Å². The van der Waals surface area contributed by atoms with Gasteiger partial charge in [-0.05, 0) is 85.0 Å². The van der Waals surface area contributed by atoms with Gasteiger partial charge in [0.05, 0.1) is 0 Å². The maximum absolute atomic E-state index is 12.7. The second-order valence-electron chi connectivity index (χ2n) is 7.84. The Morgan fingerprint density at radius 2 is 1.40 bits per heavy atom. The molecule has 3 aromatic carbocycles. The summed E-state index contributed by atoms with van der Waals surface area (Å²) in [6.07, 6.45) is 3.35. The van der Waals surface area contributed by atoms with Crippen LogP contribution in [0.5, 0.6) is 5.75 Å². The van der Waals surface area contributed by atoms with E-state index in [9.17, 15) is 4.79 Å². The van der Waals surface area contributed by atoms with Gasteiger partial charge in [-0.25, -0.2) is 4.79 Å². The highest BCUT2D eigenvalue weighted by molar-refractivity contribution is 5.74. The molecule has 0 N–H and O–H groups in total. The summed E-state index contributed by atoms with van der Waals surface area (Å²) in [5, 5.41) is 0. The fourth-order valence-electron chi connectivity index (χ4n) is 4.12. The average Bonchev–Trinajstić information content (AvgIpc) is 2.77. The lowest BCUT2D eigenvalue weighted by Crippen LogP contribution is -2.33. The predicted molar refractivity (Wildman–Crippen MR) is 122 cm³/mol. The molecule has 0 radical (unpaired) electrons. The van der Waals surface area contributed by atoms with E-state index in [0.29, 0.717) is 18.8 Å². The molecule has 1 amide bonds. The van der Waals surface area contributed by atoms with Crippen LogP contribution in [0.1, 0.15) is 36.1 Å². The van der Waals surface area contributed by atoms with Crippen molar-refractivity contribution in [3.8, 4) is 16.9 Å². The molecule has 3 aromatic rings. The van der Waals surface area contributed by atoms with Gasteiger partial charge in [0.25, 0.3) is 0 Å². The summed E-state index contributed by atoms with van der Waals surface area (Å²) in [5.74, 6) is 0.705. The molecule has 0 unspecified atom stereocenters. The van der Waals surface area contributed by atoms with E-state index in [2.05, 4.69) is 60.7 Å². The quantitative estimate of drug-likeness (QED) is 0.532. The first-order chi connectivity index (χ1) is 14.7. The zero-order valence-corrected chi connectivity index (χ0v) is 17.9. The first kappa shape index (κ1) is 20.2. The molecule has 154 valence electrons. The molecule has 0 fully saturated rings. The van der Waals surface area contributed by atoms with E-state index in [1.54, 1.807) is 4.90 Å². The van der Waals surface area contributed by atoms with Crippen LogP contribution in [0.2, 0.25) is 0 Å². The van der Waals surface area contributed by atoms with Crippen molar-refractivity contribution in [3.63, 3.8) is 0 Å². The number of ether oxygens (including phenoxy) is 1. The average molecular weight is 400 g/mol. The molecule has 4 aliphatic carbocycles. The number of carbonyl (C=O) groups excluding carboxylic acids is 1. The summed E-state index contributed by atoms with van der Waals surface area (Å²) in [6, 6.07) is 23.8. The first-order valence-electron chi connectivity index (χ1n) is 10.9. The van der Waals surface area contributed by atoms with Crippen molar-refractivity contribution in [2.75, 3.05) is 13.1 Å². The van der Waals surface area contributed by atoms with E-state index in [0.717, 1.165) is 31.2 Å². The summed E-state index contributed by atoms with van der Waals surface area (Å²) in [7, 11) is 0. The largest absolute Gasteiger partial charge is 0.415 e. The number of nitrogens with zero attached hydrogens (tertiary/aromatic N) is 1. The first-order valence-corrected chi connectivity index (χ1v) is 10.9. The van der Waals surface area contributed by atoms with Gasteiger partial charge in [-0.15, -0.1) is 0 Å². The Morgan fingerprint density at radius 3 is 2.00 bits per heavy atom. The fraction of sp³-hybridized carbons (Fsp3) is 0.296. The predicted octanol–water partition coefficient (Wildman–Crippen LogP) is 6.08. The normalized spacial score (nSPS) is 12.9. The van der Waals surface area contributed by atoms with E-state index < -0.39 is 0 Å². The maximum Gasteiger partial charge on any atom is 0.415 e. The van der Waals surface area contributed by atoms with E-state index in [-0.39, 0.29) is 6.09 Å². The highest BCUT2D eigenvalue weighted by atomic mass is 16.6. The molecule has 4 bridgehead atoms. The Kier molecular flexibility index (Phi) is 6.18.